The maximum Gasteiger partial charge on any atom is 0.0316 e. The van der Waals surface area contributed by atoms with Gasteiger partial charge in [-0.2, -0.15) is 0 Å². The quantitative estimate of drug-likeness (QED) is 0.695. The molecule has 16 heavy (non-hydrogen) atoms. The normalized spacial score (nSPS) is 22.8. The molecule has 0 atom stereocenters. The van der Waals surface area contributed by atoms with Crippen molar-refractivity contribution in [3.05, 3.63) is 72.0 Å². The van der Waals surface area contributed by atoms with Gasteiger partial charge in [0.2, 0.25) is 0 Å². The number of benzene rings is 1. The van der Waals surface area contributed by atoms with E-state index in [1.807, 2.05) is 30.4 Å². The van der Waals surface area contributed by atoms with Gasteiger partial charge in [0.1, 0.15) is 0 Å². The van der Waals surface area contributed by atoms with Crippen LogP contribution in [0.3, 0.4) is 0 Å². The molecule has 1 aromatic rings. The van der Waals surface area contributed by atoms with Crippen LogP contribution >= 0.6 is 0 Å². The van der Waals surface area contributed by atoms with Crippen LogP contribution in [0.4, 0.5) is 0 Å². The molecule has 0 heterocycles. The van der Waals surface area contributed by atoms with Crippen LogP contribution < -0.4 is 5.73 Å². The topological polar surface area (TPSA) is 26.0 Å². The zero-order chi connectivity index (χ0) is 11.4. The van der Waals surface area contributed by atoms with Gasteiger partial charge in [-0.25, -0.2) is 0 Å². The SMILES string of the molecule is C=C1/C=C(N)\C=C/C/C=C\c2ccccc21. The molecule has 1 aliphatic rings. The molecule has 0 bridgehead atoms. The molecule has 1 nitrogen and oxygen atoms in total. The van der Waals surface area contributed by atoms with Crippen LogP contribution in [-0.2, 0) is 0 Å². The maximum atomic E-state index is 5.86. The van der Waals surface area contributed by atoms with E-state index in [2.05, 4.69) is 30.9 Å². The lowest BCUT2D eigenvalue weighted by molar-refractivity contribution is 1.34. The van der Waals surface area contributed by atoms with E-state index in [4.69, 9.17) is 5.73 Å². The Morgan fingerprint density at radius 2 is 1.81 bits per heavy atom. The Bertz CT molecular complexity index is 490. The largest absolute Gasteiger partial charge is 0.399 e. The van der Waals surface area contributed by atoms with Gasteiger partial charge in [0.25, 0.3) is 0 Å². The number of hydrogen-bond donors (Lipinski definition) is 1. The summed E-state index contributed by atoms with van der Waals surface area (Å²) in [5.74, 6) is 0. The van der Waals surface area contributed by atoms with E-state index in [0.29, 0.717) is 0 Å². The average molecular weight is 209 g/mol. The molecule has 0 amide bonds. The van der Waals surface area contributed by atoms with E-state index in [1.165, 1.54) is 5.56 Å². The van der Waals surface area contributed by atoms with Crippen molar-refractivity contribution in [2.24, 2.45) is 5.73 Å². The lowest BCUT2D eigenvalue weighted by Crippen LogP contribution is -1.95. The van der Waals surface area contributed by atoms with Crippen LogP contribution in [0.25, 0.3) is 11.6 Å². The molecule has 0 aromatic heterocycles. The van der Waals surface area contributed by atoms with Gasteiger partial charge in [0, 0.05) is 5.70 Å². The van der Waals surface area contributed by atoms with Crippen LogP contribution in [0.5, 0.6) is 0 Å². The Balaban J connectivity index is 2.51. The fourth-order valence-corrected chi connectivity index (χ4v) is 1.74. The fraction of sp³-hybridized carbons (Fsp3) is 0.0667. The minimum absolute atomic E-state index is 0.745. The van der Waals surface area contributed by atoms with E-state index in [0.717, 1.165) is 23.3 Å². The van der Waals surface area contributed by atoms with Gasteiger partial charge in [-0.3, -0.25) is 0 Å². The molecule has 0 radical (unpaired) electrons. The van der Waals surface area contributed by atoms with Crippen LogP contribution in [0.2, 0.25) is 0 Å². The van der Waals surface area contributed by atoms with Crippen LogP contribution in [0.15, 0.2) is 60.8 Å². The Morgan fingerprint density at radius 3 is 2.69 bits per heavy atom. The van der Waals surface area contributed by atoms with Crippen molar-refractivity contribution in [3.63, 3.8) is 0 Å². The molecule has 1 aromatic carbocycles. The van der Waals surface area contributed by atoms with Crippen LogP contribution in [0, 0.1) is 0 Å². The summed E-state index contributed by atoms with van der Waals surface area (Å²) in [7, 11) is 0. The highest BCUT2D eigenvalue weighted by Crippen LogP contribution is 2.21. The Kier molecular flexibility index (Phi) is 3.06. The minimum atomic E-state index is 0.745. The second kappa shape index (κ2) is 4.67. The van der Waals surface area contributed by atoms with Gasteiger partial charge >= 0.3 is 0 Å². The molecular formula is C15H15N. The molecule has 0 unspecified atom stereocenters. The van der Waals surface area contributed by atoms with Crippen molar-refractivity contribution in [3.8, 4) is 0 Å². The summed E-state index contributed by atoms with van der Waals surface area (Å²) in [6.07, 6.45) is 11.0. The van der Waals surface area contributed by atoms with Gasteiger partial charge < -0.3 is 5.73 Å². The number of rotatable bonds is 0. The first-order valence-corrected chi connectivity index (χ1v) is 5.36. The van der Waals surface area contributed by atoms with Gasteiger partial charge in [-0.1, -0.05) is 49.1 Å². The molecule has 2 N–H and O–H groups in total. The maximum absolute atomic E-state index is 5.86. The van der Waals surface area contributed by atoms with E-state index in [-0.39, 0.29) is 0 Å². The molecule has 0 fully saturated rings. The molecular weight excluding hydrogens is 194 g/mol. The third-order valence-electron chi connectivity index (χ3n) is 2.53. The molecule has 2 rings (SSSR count). The predicted octanol–water partition coefficient (Wildman–Crippen LogP) is 3.52. The van der Waals surface area contributed by atoms with Crippen molar-refractivity contribution in [2.45, 2.75) is 6.42 Å². The number of fused-ring (bicyclic) bond motifs is 1. The molecule has 1 aliphatic carbocycles. The van der Waals surface area contributed by atoms with E-state index in [1.54, 1.807) is 0 Å². The van der Waals surface area contributed by atoms with Gasteiger partial charge in [0.15, 0.2) is 0 Å². The minimum Gasteiger partial charge on any atom is -0.399 e. The lowest BCUT2D eigenvalue weighted by Gasteiger charge is -2.07. The smallest absolute Gasteiger partial charge is 0.0316 e. The van der Waals surface area contributed by atoms with E-state index >= 15 is 0 Å². The Hall–Kier alpha value is -2.02. The Labute approximate surface area is 96.3 Å². The molecule has 0 aliphatic heterocycles. The number of allylic oxidation sites excluding steroid dienone is 5. The van der Waals surface area contributed by atoms with Gasteiger partial charge in [0.05, 0.1) is 0 Å². The highest BCUT2D eigenvalue weighted by atomic mass is 14.6. The summed E-state index contributed by atoms with van der Waals surface area (Å²) in [6, 6.07) is 8.21. The van der Waals surface area contributed by atoms with E-state index in [9.17, 15) is 0 Å². The third kappa shape index (κ3) is 2.31. The first-order chi connectivity index (χ1) is 7.77. The summed E-state index contributed by atoms with van der Waals surface area (Å²) in [5, 5.41) is 0. The van der Waals surface area contributed by atoms with Crippen molar-refractivity contribution in [1.29, 1.82) is 0 Å². The fourth-order valence-electron chi connectivity index (χ4n) is 1.74. The van der Waals surface area contributed by atoms with E-state index < -0.39 is 0 Å². The van der Waals surface area contributed by atoms with Crippen molar-refractivity contribution in [2.75, 3.05) is 0 Å². The predicted molar refractivity (Wildman–Crippen MR) is 70.5 cm³/mol. The summed E-state index contributed by atoms with van der Waals surface area (Å²) in [6.45, 7) is 4.06. The summed E-state index contributed by atoms with van der Waals surface area (Å²) in [4.78, 5) is 0. The lowest BCUT2D eigenvalue weighted by atomic mass is 9.99. The molecule has 0 saturated carbocycles. The Morgan fingerprint density at radius 1 is 1.06 bits per heavy atom. The highest BCUT2D eigenvalue weighted by Gasteiger charge is 2.01. The molecule has 0 saturated heterocycles. The average Bonchev–Trinajstić information content (AvgIpc) is 2.28. The first-order valence-electron chi connectivity index (χ1n) is 5.36. The third-order valence-corrected chi connectivity index (χ3v) is 2.53. The van der Waals surface area contributed by atoms with Crippen LogP contribution in [-0.4, -0.2) is 0 Å². The molecule has 1 heteroatoms. The van der Waals surface area contributed by atoms with Crippen molar-refractivity contribution in [1.82, 2.24) is 0 Å². The van der Waals surface area contributed by atoms with Gasteiger partial charge in [-0.15, -0.1) is 0 Å². The standard InChI is InChI=1S/C15H15N/c1-12-11-14(16)9-4-2-3-7-13-8-5-6-10-15(12)13/h3-11H,1-2,16H2/b7-3-,9-4-,14-11+. The monoisotopic (exact) mass is 209 g/mol. The second-order valence-corrected chi connectivity index (χ2v) is 3.80. The number of nitrogens with two attached hydrogens (primary N) is 1. The van der Waals surface area contributed by atoms with Gasteiger partial charge in [-0.05, 0) is 35.3 Å². The second-order valence-electron chi connectivity index (χ2n) is 3.80. The van der Waals surface area contributed by atoms with Crippen molar-refractivity contribution >= 4 is 11.6 Å². The highest BCUT2D eigenvalue weighted by molar-refractivity contribution is 5.79. The zero-order valence-electron chi connectivity index (χ0n) is 9.19. The summed E-state index contributed by atoms with van der Waals surface area (Å²) in [5.41, 5.74) is 9.88. The zero-order valence-corrected chi connectivity index (χ0v) is 9.19. The molecule has 80 valence electrons. The summed E-state index contributed by atoms with van der Waals surface area (Å²) < 4.78 is 0. The molecule has 0 spiro atoms. The number of hydrogen-bond acceptors (Lipinski definition) is 1. The van der Waals surface area contributed by atoms with Crippen LogP contribution in [0.1, 0.15) is 17.5 Å². The van der Waals surface area contributed by atoms with Crippen molar-refractivity contribution < 1.29 is 0 Å². The first kappa shape index (κ1) is 10.5. The summed E-state index contributed by atoms with van der Waals surface area (Å²) >= 11 is 0.